The standard InChI is InChI=1S/C42H25NS/c1-2-12-28-27(11-1)29-13-3-5-15-31(29)35-24-38-37-23-26(43-39-19-9-7-17-33(39)34-18-8-10-20-40(34)43)21-22-41(37)44-42(38)25-36(35)32-16-6-4-14-30(28)32/h1-25H. The zero-order valence-electron chi connectivity index (χ0n) is 23.8. The lowest BCUT2D eigenvalue weighted by molar-refractivity contribution is 1.19. The maximum atomic E-state index is 2.46. The molecular formula is C42H25NS. The average Bonchev–Trinajstić information content (AvgIpc) is 3.62. The number of thiophene rings is 1. The van der Waals surface area contributed by atoms with Gasteiger partial charge in [-0.15, -0.1) is 11.3 Å². The fourth-order valence-electron chi connectivity index (χ4n) is 7.45. The van der Waals surface area contributed by atoms with Gasteiger partial charge < -0.3 is 4.57 Å². The smallest absolute Gasteiger partial charge is 0.0541 e. The van der Waals surface area contributed by atoms with E-state index in [1.807, 2.05) is 11.3 Å². The molecule has 0 aliphatic heterocycles. The van der Waals surface area contributed by atoms with E-state index in [-0.39, 0.29) is 0 Å². The van der Waals surface area contributed by atoms with E-state index in [2.05, 4.69) is 156 Å². The Kier molecular flexibility index (Phi) is 4.94. The van der Waals surface area contributed by atoms with Crippen molar-refractivity contribution in [3.8, 4) is 50.2 Å². The molecule has 1 nitrogen and oxygen atoms in total. The van der Waals surface area contributed by atoms with Gasteiger partial charge in [-0.3, -0.25) is 0 Å². The van der Waals surface area contributed by atoms with Crippen molar-refractivity contribution in [1.82, 2.24) is 4.57 Å². The molecule has 9 aromatic rings. The quantitative estimate of drug-likeness (QED) is 0.183. The largest absolute Gasteiger partial charge is 0.309 e. The Morgan fingerprint density at radius 1 is 0.318 bits per heavy atom. The number of aromatic nitrogens is 1. The third-order valence-corrected chi connectivity index (χ3v) is 10.5. The van der Waals surface area contributed by atoms with Crippen LogP contribution in [-0.2, 0) is 0 Å². The maximum absolute atomic E-state index is 2.46. The molecule has 2 aromatic heterocycles. The topological polar surface area (TPSA) is 4.93 Å². The molecule has 0 unspecified atom stereocenters. The molecule has 2 heterocycles. The van der Waals surface area contributed by atoms with Gasteiger partial charge in [-0.2, -0.15) is 0 Å². The van der Waals surface area contributed by atoms with Gasteiger partial charge in [0.15, 0.2) is 0 Å². The number of hydrogen-bond donors (Lipinski definition) is 0. The highest BCUT2D eigenvalue weighted by Crippen LogP contribution is 2.50. The van der Waals surface area contributed by atoms with E-state index in [4.69, 9.17) is 0 Å². The van der Waals surface area contributed by atoms with Gasteiger partial charge in [0.1, 0.15) is 0 Å². The summed E-state index contributed by atoms with van der Waals surface area (Å²) in [4.78, 5) is 0. The van der Waals surface area contributed by atoms with E-state index >= 15 is 0 Å². The van der Waals surface area contributed by atoms with Crippen LogP contribution < -0.4 is 0 Å². The molecule has 10 rings (SSSR count). The zero-order chi connectivity index (χ0) is 28.8. The number of rotatable bonds is 1. The van der Waals surface area contributed by atoms with E-state index in [1.54, 1.807) is 0 Å². The fraction of sp³-hybridized carbons (Fsp3) is 0. The lowest BCUT2D eigenvalue weighted by atomic mass is 9.80. The van der Waals surface area contributed by atoms with Crippen LogP contribution in [0, 0.1) is 0 Å². The summed E-state index contributed by atoms with van der Waals surface area (Å²) in [5.41, 5.74) is 14.0. The first kappa shape index (κ1) is 24.0. The Morgan fingerprint density at radius 3 is 1.30 bits per heavy atom. The molecule has 7 aromatic carbocycles. The SMILES string of the molecule is c1ccc2c(c1)-c1ccccc1-c1cc3sc4ccc(-n5c6ccccc6c6ccccc65)cc4c3cc1-c1ccccc1-2. The van der Waals surface area contributed by atoms with E-state index in [0.29, 0.717) is 0 Å². The Hall–Kier alpha value is -5.44. The maximum Gasteiger partial charge on any atom is 0.0541 e. The van der Waals surface area contributed by atoms with E-state index in [1.165, 1.54) is 92.2 Å². The van der Waals surface area contributed by atoms with Crippen LogP contribution in [0.4, 0.5) is 0 Å². The lowest BCUT2D eigenvalue weighted by Crippen LogP contribution is -1.96. The highest BCUT2D eigenvalue weighted by atomic mass is 32.1. The molecule has 0 spiro atoms. The summed E-state index contributed by atoms with van der Waals surface area (Å²) in [5.74, 6) is 0. The molecule has 2 heteroatoms. The van der Waals surface area contributed by atoms with Crippen molar-refractivity contribution in [2.45, 2.75) is 0 Å². The second-order valence-electron chi connectivity index (χ2n) is 11.7. The van der Waals surface area contributed by atoms with E-state index < -0.39 is 0 Å². The molecule has 0 N–H and O–H groups in total. The van der Waals surface area contributed by atoms with Crippen LogP contribution in [0.3, 0.4) is 0 Å². The Balaban J connectivity index is 1.29. The summed E-state index contributed by atoms with van der Waals surface area (Å²) < 4.78 is 5.05. The van der Waals surface area contributed by atoms with Gasteiger partial charge in [0, 0.05) is 36.6 Å². The van der Waals surface area contributed by atoms with Crippen molar-refractivity contribution < 1.29 is 0 Å². The molecule has 0 bridgehead atoms. The predicted octanol–water partition coefficient (Wildman–Crippen LogP) is 12.1. The minimum Gasteiger partial charge on any atom is -0.309 e. The van der Waals surface area contributed by atoms with Gasteiger partial charge in [0.05, 0.1) is 11.0 Å². The average molecular weight is 576 g/mol. The summed E-state index contributed by atoms with van der Waals surface area (Å²) in [6.45, 7) is 0. The first-order valence-electron chi connectivity index (χ1n) is 15.1. The Morgan fingerprint density at radius 2 is 0.750 bits per heavy atom. The number of benzene rings is 7. The van der Waals surface area contributed by atoms with Crippen LogP contribution in [0.2, 0.25) is 0 Å². The van der Waals surface area contributed by atoms with Crippen molar-refractivity contribution in [2.24, 2.45) is 0 Å². The minimum atomic E-state index is 1.20. The van der Waals surface area contributed by atoms with Gasteiger partial charge in [0.25, 0.3) is 0 Å². The predicted molar refractivity (Wildman–Crippen MR) is 189 cm³/mol. The van der Waals surface area contributed by atoms with Gasteiger partial charge in [-0.25, -0.2) is 0 Å². The van der Waals surface area contributed by atoms with Crippen LogP contribution in [0.15, 0.2) is 152 Å². The van der Waals surface area contributed by atoms with Crippen LogP contribution in [0.25, 0.3) is 92.2 Å². The molecule has 1 aliphatic carbocycles. The summed E-state index contributed by atoms with van der Waals surface area (Å²) in [5, 5.41) is 5.19. The van der Waals surface area contributed by atoms with Crippen LogP contribution >= 0.6 is 11.3 Å². The van der Waals surface area contributed by atoms with Gasteiger partial charge in [0.2, 0.25) is 0 Å². The van der Waals surface area contributed by atoms with Crippen LogP contribution in [0.5, 0.6) is 0 Å². The number of para-hydroxylation sites is 2. The van der Waals surface area contributed by atoms with Crippen LogP contribution in [-0.4, -0.2) is 4.57 Å². The highest BCUT2D eigenvalue weighted by Gasteiger charge is 2.23. The molecule has 0 radical (unpaired) electrons. The van der Waals surface area contributed by atoms with Gasteiger partial charge >= 0.3 is 0 Å². The Bertz CT molecular complexity index is 2560. The Labute approximate surface area is 258 Å². The molecule has 0 fully saturated rings. The zero-order valence-corrected chi connectivity index (χ0v) is 24.6. The molecule has 0 amide bonds. The number of fused-ring (bicyclic) bond motifs is 14. The molecule has 1 aliphatic rings. The van der Waals surface area contributed by atoms with Crippen molar-refractivity contribution in [1.29, 1.82) is 0 Å². The summed E-state index contributed by atoms with van der Waals surface area (Å²) in [6, 6.07) is 56.1. The summed E-state index contributed by atoms with van der Waals surface area (Å²) in [6.07, 6.45) is 0. The first-order chi connectivity index (χ1) is 21.8. The molecule has 44 heavy (non-hydrogen) atoms. The summed E-state index contributed by atoms with van der Waals surface area (Å²) >= 11 is 1.89. The van der Waals surface area contributed by atoms with Gasteiger partial charge in [-0.1, -0.05) is 109 Å². The highest BCUT2D eigenvalue weighted by molar-refractivity contribution is 7.25. The third-order valence-electron chi connectivity index (χ3n) is 9.37. The third kappa shape index (κ3) is 3.29. The fourth-order valence-corrected chi connectivity index (χ4v) is 8.56. The van der Waals surface area contributed by atoms with Crippen molar-refractivity contribution >= 4 is 53.3 Å². The first-order valence-corrected chi connectivity index (χ1v) is 15.9. The number of hydrogen-bond acceptors (Lipinski definition) is 1. The lowest BCUT2D eigenvalue weighted by Gasteiger charge is -2.23. The molecule has 0 atom stereocenters. The molecule has 204 valence electrons. The molecule has 0 saturated carbocycles. The second kappa shape index (κ2) is 9.03. The van der Waals surface area contributed by atoms with Crippen molar-refractivity contribution in [3.05, 3.63) is 152 Å². The van der Waals surface area contributed by atoms with E-state index in [0.717, 1.165) is 0 Å². The van der Waals surface area contributed by atoms with Crippen molar-refractivity contribution in [3.63, 3.8) is 0 Å². The minimum absolute atomic E-state index is 1.20. The monoisotopic (exact) mass is 575 g/mol. The van der Waals surface area contributed by atoms with Gasteiger partial charge in [-0.05, 0) is 87.0 Å². The molecule has 0 saturated heterocycles. The second-order valence-corrected chi connectivity index (χ2v) is 12.8. The summed E-state index contributed by atoms with van der Waals surface area (Å²) in [7, 11) is 0. The molecular weight excluding hydrogens is 551 g/mol. The number of nitrogens with zero attached hydrogens (tertiary/aromatic N) is 1. The van der Waals surface area contributed by atoms with Crippen LogP contribution in [0.1, 0.15) is 0 Å². The van der Waals surface area contributed by atoms with E-state index in [9.17, 15) is 0 Å². The van der Waals surface area contributed by atoms with Crippen molar-refractivity contribution in [2.75, 3.05) is 0 Å². The normalized spacial score (nSPS) is 12.1.